The van der Waals surface area contributed by atoms with Crippen LogP contribution in [0.25, 0.3) is 0 Å². The molecule has 1 atom stereocenters. The molecule has 22 heavy (non-hydrogen) atoms. The number of H-pyrrole nitrogens is 1. The Morgan fingerprint density at radius 2 is 2.18 bits per heavy atom. The van der Waals surface area contributed by atoms with Crippen LogP contribution in [0.15, 0.2) is 24.3 Å². The largest absolute Gasteiger partial charge is 0.496 e. The Morgan fingerprint density at radius 1 is 1.41 bits per heavy atom. The summed E-state index contributed by atoms with van der Waals surface area (Å²) >= 11 is 0. The second-order valence-corrected chi connectivity index (χ2v) is 5.92. The minimum Gasteiger partial charge on any atom is -0.496 e. The molecule has 1 aromatic heterocycles. The fraction of sp³-hybridized carbons (Fsp3) is 0.412. The molecule has 3 rings (SSSR count). The van der Waals surface area contributed by atoms with Crippen molar-refractivity contribution in [3.05, 3.63) is 46.8 Å². The van der Waals surface area contributed by atoms with Gasteiger partial charge in [0.05, 0.1) is 13.2 Å². The number of nitrogens with zero attached hydrogens (tertiary/aromatic N) is 1. The molecule has 1 aliphatic rings. The number of aromatic amines is 1. The third kappa shape index (κ3) is 2.98. The lowest BCUT2D eigenvalue weighted by Crippen LogP contribution is -2.27. The zero-order valence-electron chi connectivity index (χ0n) is 13.1. The summed E-state index contributed by atoms with van der Waals surface area (Å²) in [6, 6.07) is 7.65. The minimum absolute atomic E-state index is 0.150. The molecule has 0 radical (unpaired) electrons. The van der Waals surface area contributed by atoms with Crippen LogP contribution in [0.1, 0.15) is 59.0 Å². The smallest absolute Gasteiger partial charge is 0.272 e. The molecule has 1 aromatic carbocycles. The van der Waals surface area contributed by atoms with E-state index in [1.54, 1.807) is 7.11 Å². The maximum Gasteiger partial charge on any atom is 0.272 e. The van der Waals surface area contributed by atoms with Crippen molar-refractivity contribution in [3.63, 3.8) is 0 Å². The quantitative estimate of drug-likeness (QED) is 0.891. The fourth-order valence-electron chi connectivity index (χ4n) is 2.60. The summed E-state index contributed by atoms with van der Waals surface area (Å²) in [5.74, 6) is 1.17. The van der Waals surface area contributed by atoms with Crippen LogP contribution in [0, 0.1) is 6.92 Å². The number of methoxy groups -OCH3 is 1. The molecular formula is C17H21N3O2. The molecule has 1 unspecified atom stereocenters. The van der Waals surface area contributed by atoms with E-state index in [4.69, 9.17) is 4.74 Å². The van der Waals surface area contributed by atoms with E-state index in [1.807, 2.05) is 38.1 Å². The van der Waals surface area contributed by atoms with E-state index in [2.05, 4.69) is 15.5 Å². The van der Waals surface area contributed by atoms with Crippen LogP contribution in [-0.4, -0.2) is 23.2 Å². The highest BCUT2D eigenvalue weighted by molar-refractivity contribution is 5.92. The minimum atomic E-state index is -0.167. The lowest BCUT2D eigenvalue weighted by molar-refractivity contribution is 0.0934. The van der Waals surface area contributed by atoms with Crippen LogP contribution < -0.4 is 10.1 Å². The first-order valence-electron chi connectivity index (χ1n) is 7.59. The number of benzene rings is 1. The van der Waals surface area contributed by atoms with E-state index in [-0.39, 0.29) is 11.9 Å². The lowest BCUT2D eigenvalue weighted by atomic mass is 10.0. The number of carbonyl (C=O) groups is 1. The molecule has 0 saturated heterocycles. The number of aromatic nitrogens is 2. The van der Waals surface area contributed by atoms with Gasteiger partial charge in [-0.25, -0.2) is 0 Å². The van der Waals surface area contributed by atoms with Crippen molar-refractivity contribution < 1.29 is 9.53 Å². The van der Waals surface area contributed by atoms with E-state index in [0.29, 0.717) is 11.6 Å². The second-order valence-electron chi connectivity index (χ2n) is 5.92. The number of hydrogen-bond acceptors (Lipinski definition) is 3. The van der Waals surface area contributed by atoms with Gasteiger partial charge in [0.15, 0.2) is 0 Å². The van der Waals surface area contributed by atoms with Gasteiger partial charge in [0, 0.05) is 17.2 Å². The summed E-state index contributed by atoms with van der Waals surface area (Å²) in [4.78, 5) is 12.3. The second kappa shape index (κ2) is 5.83. The first-order valence-corrected chi connectivity index (χ1v) is 7.59. The Bertz CT molecular complexity index is 689. The first kappa shape index (κ1) is 14.6. The van der Waals surface area contributed by atoms with Crippen molar-refractivity contribution in [2.75, 3.05) is 7.11 Å². The zero-order chi connectivity index (χ0) is 15.7. The number of hydrogen-bond donors (Lipinski definition) is 2. The first-order chi connectivity index (χ1) is 10.6. The summed E-state index contributed by atoms with van der Waals surface area (Å²) in [6.07, 6.45) is 2.36. The molecule has 1 saturated carbocycles. The van der Waals surface area contributed by atoms with Crippen LogP contribution in [-0.2, 0) is 0 Å². The number of amides is 1. The number of rotatable bonds is 5. The fourth-order valence-corrected chi connectivity index (χ4v) is 2.60. The van der Waals surface area contributed by atoms with Crippen molar-refractivity contribution >= 4 is 5.91 Å². The summed E-state index contributed by atoms with van der Waals surface area (Å²) < 4.78 is 5.38. The monoisotopic (exact) mass is 299 g/mol. The Hall–Kier alpha value is -2.30. The van der Waals surface area contributed by atoms with Gasteiger partial charge in [-0.15, -0.1) is 0 Å². The molecule has 1 amide bonds. The molecule has 2 N–H and O–H groups in total. The third-order valence-corrected chi connectivity index (χ3v) is 4.05. The molecule has 0 aliphatic heterocycles. The van der Waals surface area contributed by atoms with E-state index < -0.39 is 0 Å². The molecule has 116 valence electrons. The van der Waals surface area contributed by atoms with Gasteiger partial charge in [-0.2, -0.15) is 5.10 Å². The van der Waals surface area contributed by atoms with E-state index in [1.165, 1.54) is 12.8 Å². The standard InChI is InChI=1S/C17H21N3O2/c1-10-4-7-16(22-3)13(8-10)11(2)18-17(21)15-9-14(19-20-15)12-5-6-12/h4,7-9,11-12H,5-6H2,1-3H3,(H,18,21)(H,19,20). The van der Waals surface area contributed by atoms with Gasteiger partial charge in [0.1, 0.15) is 11.4 Å². The predicted octanol–water partition coefficient (Wildman–Crippen LogP) is 3.10. The van der Waals surface area contributed by atoms with Gasteiger partial charge in [-0.05, 0) is 38.8 Å². The van der Waals surface area contributed by atoms with Gasteiger partial charge in [0.2, 0.25) is 0 Å². The average Bonchev–Trinajstić information content (AvgIpc) is 3.24. The highest BCUT2D eigenvalue weighted by Crippen LogP contribution is 2.39. The van der Waals surface area contributed by atoms with E-state index in [9.17, 15) is 4.79 Å². The molecule has 5 heteroatoms. The lowest BCUT2D eigenvalue weighted by Gasteiger charge is -2.17. The summed E-state index contributed by atoms with van der Waals surface area (Å²) in [5.41, 5.74) is 3.60. The molecule has 1 aliphatic carbocycles. The molecule has 0 bridgehead atoms. The van der Waals surface area contributed by atoms with Gasteiger partial charge in [-0.3, -0.25) is 9.89 Å². The van der Waals surface area contributed by atoms with Gasteiger partial charge < -0.3 is 10.1 Å². The predicted molar refractivity (Wildman–Crippen MR) is 84.2 cm³/mol. The van der Waals surface area contributed by atoms with Crippen molar-refractivity contribution in [2.45, 2.75) is 38.6 Å². The maximum atomic E-state index is 12.3. The van der Waals surface area contributed by atoms with Gasteiger partial charge >= 0.3 is 0 Å². The van der Waals surface area contributed by atoms with Crippen molar-refractivity contribution in [3.8, 4) is 5.75 Å². The molecule has 1 fully saturated rings. The number of carbonyl (C=O) groups excluding carboxylic acids is 1. The summed E-state index contributed by atoms with van der Waals surface area (Å²) in [6.45, 7) is 3.97. The zero-order valence-corrected chi connectivity index (χ0v) is 13.1. The van der Waals surface area contributed by atoms with Crippen LogP contribution in [0.3, 0.4) is 0 Å². The van der Waals surface area contributed by atoms with Gasteiger partial charge in [0.25, 0.3) is 5.91 Å². The summed E-state index contributed by atoms with van der Waals surface area (Å²) in [5, 5.41) is 10.1. The van der Waals surface area contributed by atoms with Crippen LogP contribution >= 0.6 is 0 Å². The van der Waals surface area contributed by atoms with Crippen LogP contribution in [0.2, 0.25) is 0 Å². The molecule has 5 nitrogen and oxygen atoms in total. The van der Waals surface area contributed by atoms with E-state index >= 15 is 0 Å². The summed E-state index contributed by atoms with van der Waals surface area (Å²) in [7, 11) is 1.64. The SMILES string of the molecule is COc1ccc(C)cc1C(C)NC(=O)c1cc(C2CC2)[nH]n1. The topological polar surface area (TPSA) is 67.0 Å². The Morgan fingerprint density at radius 3 is 2.86 bits per heavy atom. The normalized spacial score (nSPS) is 15.4. The van der Waals surface area contributed by atoms with Crippen molar-refractivity contribution in [2.24, 2.45) is 0 Å². The molecule has 2 aromatic rings. The molecular weight excluding hydrogens is 278 g/mol. The Balaban J connectivity index is 1.73. The average molecular weight is 299 g/mol. The van der Waals surface area contributed by atoms with Crippen molar-refractivity contribution in [1.29, 1.82) is 0 Å². The number of nitrogens with one attached hydrogen (secondary N) is 2. The highest BCUT2D eigenvalue weighted by Gasteiger charge is 2.27. The van der Waals surface area contributed by atoms with Crippen molar-refractivity contribution in [1.82, 2.24) is 15.5 Å². The number of aryl methyl sites for hydroxylation is 1. The maximum absolute atomic E-state index is 12.3. The molecule has 0 spiro atoms. The number of ether oxygens (including phenoxy) is 1. The van der Waals surface area contributed by atoms with Gasteiger partial charge in [-0.1, -0.05) is 17.7 Å². The Labute approximate surface area is 130 Å². The van der Waals surface area contributed by atoms with Crippen LogP contribution in [0.4, 0.5) is 0 Å². The highest BCUT2D eigenvalue weighted by atomic mass is 16.5. The third-order valence-electron chi connectivity index (χ3n) is 4.05. The molecule has 1 heterocycles. The van der Waals surface area contributed by atoms with Crippen LogP contribution in [0.5, 0.6) is 5.75 Å². The van der Waals surface area contributed by atoms with E-state index in [0.717, 1.165) is 22.6 Å². The Kier molecular flexibility index (Phi) is 3.88.